The number of nitrogens with two attached hydrogens (primary N) is 1. The van der Waals surface area contributed by atoms with Crippen LogP contribution in [0.25, 0.3) is 0 Å². The molecule has 1 rings (SSSR count). The SMILES string of the molecule is Cc1cccc(OCCCCC(N)=S)c1F. The number of hydrogen-bond donors (Lipinski definition) is 1. The highest BCUT2D eigenvalue weighted by Gasteiger charge is 2.04. The first kappa shape index (κ1) is 12.9. The maximum atomic E-state index is 13.5. The Morgan fingerprint density at radius 3 is 2.88 bits per heavy atom. The summed E-state index contributed by atoms with van der Waals surface area (Å²) in [5.41, 5.74) is 5.96. The Kier molecular flexibility index (Phi) is 5.19. The zero-order chi connectivity index (χ0) is 12.0. The zero-order valence-electron chi connectivity index (χ0n) is 9.33. The van der Waals surface area contributed by atoms with Crippen molar-refractivity contribution < 1.29 is 9.13 Å². The second-order valence-electron chi connectivity index (χ2n) is 3.66. The molecule has 0 saturated carbocycles. The topological polar surface area (TPSA) is 35.2 Å². The van der Waals surface area contributed by atoms with E-state index in [0.717, 1.165) is 19.3 Å². The fraction of sp³-hybridized carbons (Fsp3) is 0.417. The van der Waals surface area contributed by atoms with Gasteiger partial charge in [-0.2, -0.15) is 0 Å². The van der Waals surface area contributed by atoms with E-state index in [4.69, 9.17) is 22.7 Å². The monoisotopic (exact) mass is 241 g/mol. The van der Waals surface area contributed by atoms with Crippen molar-refractivity contribution in [3.05, 3.63) is 29.6 Å². The number of hydrogen-bond acceptors (Lipinski definition) is 2. The summed E-state index contributed by atoms with van der Waals surface area (Å²) in [6.07, 6.45) is 2.42. The summed E-state index contributed by atoms with van der Waals surface area (Å²) in [5.74, 6) is 0.0344. The van der Waals surface area contributed by atoms with Gasteiger partial charge in [0.25, 0.3) is 0 Å². The standard InChI is InChI=1S/C12H16FNOS/c1-9-5-4-6-10(12(9)13)15-8-3-2-7-11(14)16/h4-6H,2-3,7-8H2,1H3,(H2,14,16). The van der Waals surface area contributed by atoms with E-state index < -0.39 is 0 Å². The molecule has 0 amide bonds. The van der Waals surface area contributed by atoms with Crippen LogP contribution in [-0.2, 0) is 0 Å². The number of unbranched alkanes of at least 4 members (excludes halogenated alkanes) is 1. The molecule has 0 atom stereocenters. The summed E-state index contributed by atoms with van der Waals surface area (Å²) < 4.78 is 18.8. The highest BCUT2D eigenvalue weighted by Crippen LogP contribution is 2.19. The molecule has 1 aromatic carbocycles. The minimum atomic E-state index is -0.281. The van der Waals surface area contributed by atoms with Crippen molar-refractivity contribution in [2.45, 2.75) is 26.2 Å². The lowest BCUT2D eigenvalue weighted by Crippen LogP contribution is -2.08. The summed E-state index contributed by atoms with van der Waals surface area (Å²) >= 11 is 4.75. The third kappa shape index (κ3) is 4.14. The van der Waals surface area contributed by atoms with Crippen LogP contribution in [0.15, 0.2) is 18.2 Å². The predicted octanol–water partition coefficient (Wildman–Crippen LogP) is 2.97. The molecular formula is C12H16FNOS. The Labute approximate surface area is 101 Å². The number of ether oxygens (including phenoxy) is 1. The fourth-order valence-electron chi connectivity index (χ4n) is 1.32. The molecule has 0 aliphatic carbocycles. The van der Waals surface area contributed by atoms with Crippen molar-refractivity contribution in [2.24, 2.45) is 5.73 Å². The molecule has 88 valence electrons. The Morgan fingerprint density at radius 2 is 2.19 bits per heavy atom. The number of aryl methyl sites for hydroxylation is 1. The normalized spacial score (nSPS) is 10.1. The molecular weight excluding hydrogens is 225 g/mol. The van der Waals surface area contributed by atoms with E-state index in [2.05, 4.69) is 0 Å². The zero-order valence-corrected chi connectivity index (χ0v) is 10.1. The Morgan fingerprint density at radius 1 is 1.44 bits per heavy atom. The molecule has 0 heterocycles. The van der Waals surface area contributed by atoms with Crippen LogP contribution in [0.4, 0.5) is 4.39 Å². The first-order valence-electron chi connectivity index (χ1n) is 5.27. The summed E-state index contributed by atoms with van der Waals surface area (Å²) in [4.78, 5) is 0.515. The number of halogens is 1. The highest BCUT2D eigenvalue weighted by molar-refractivity contribution is 7.80. The number of thiocarbonyl (C=S) groups is 1. The second kappa shape index (κ2) is 6.43. The van der Waals surface area contributed by atoms with Crippen LogP contribution in [-0.4, -0.2) is 11.6 Å². The van der Waals surface area contributed by atoms with E-state index in [9.17, 15) is 4.39 Å². The van der Waals surface area contributed by atoms with Gasteiger partial charge in [0.1, 0.15) is 0 Å². The van der Waals surface area contributed by atoms with E-state index in [-0.39, 0.29) is 5.82 Å². The second-order valence-corrected chi connectivity index (χ2v) is 4.18. The van der Waals surface area contributed by atoms with Crippen LogP contribution in [0.5, 0.6) is 5.75 Å². The Hall–Kier alpha value is -1.16. The maximum Gasteiger partial charge on any atom is 0.167 e. The molecule has 2 nitrogen and oxygen atoms in total. The highest BCUT2D eigenvalue weighted by atomic mass is 32.1. The van der Waals surface area contributed by atoms with Gasteiger partial charge >= 0.3 is 0 Å². The van der Waals surface area contributed by atoms with Gasteiger partial charge in [0, 0.05) is 0 Å². The van der Waals surface area contributed by atoms with Crippen molar-refractivity contribution >= 4 is 17.2 Å². The first-order chi connectivity index (χ1) is 7.61. The quantitative estimate of drug-likeness (QED) is 0.614. The van der Waals surface area contributed by atoms with Gasteiger partial charge in [-0.3, -0.25) is 0 Å². The molecule has 16 heavy (non-hydrogen) atoms. The van der Waals surface area contributed by atoms with E-state index in [1.54, 1.807) is 25.1 Å². The van der Waals surface area contributed by atoms with Crippen molar-refractivity contribution in [1.29, 1.82) is 0 Å². The average Bonchev–Trinajstić information content (AvgIpc) is 2.23. The Balaban J connectivity index is 2.32. The van der Waals surface area contributed by atoms with E-state index in [1.165, 1.54) is 0 Å². The van der Waals surface area contributed by atoms with Gasteiger partial charge in [-0.1, -0.05) is 24.4 Å². The third-order valence-electron chi connectivity index (χ3n) is 2.23. The van der Waals surface area contributed by atoms with Gasteiger partial charge in [0.05, 0.1) is 11.6 Å². The van der Waals surface area contributed by atoms with Crippen LogP contribution in [0, 0.1) is 12.7 Å². The largest absolute Gasteiger partial charge is 0.491 e. The molecule has 0 aliphatic heterocycles. The molecule has 4 heteroatoms. The van der Waals surface area contributed by atoms with Crippen molar-refractivity contribution in [3.8, 4) is 5.75 Å². The minimum absolute atomic E-state index is 0.281. The lowest BCUT2D eigenvalue weighted by Gasteiger charge is -2.08. The molecule has 0 unspecified atom stereocenters. The lowest BCUT2D eigenvalue weighted by atomic mass is 10.2. The maximum absolute atomic E-state index is 13.5. The van der Waals surface area contributed by atoms with Gasteiger partial charge in [-0.25, -0.2) is 4.39 Å². The first-order valence-corrected chi connectivity index (χ1v) is 5.68. The summed E-state index contributed by atoms with van der Waals surface area (Å²) in [5, 5.41) is 0. The molecule has 0 bridgehead atoms. The molecule has 2 N–H and O–H groups in total. The predicted molar refractivity (Wildman–Crippen MR) is 67.3 cm³/mol. The smallest absolute Gasteiger partial charge is 0.167 e. The van der Waals surface area contributed by atoms with Gasteiger partial charge in [-0.15, -0.1) is 0 Å². The van der Waals surface area contributed by atoms with E-state index in [0.29, 0.717) is 22.9 Å². The number of rotatable bonds is 6. The van der Waals surface area contributed by atoms with Crippen molar-refractivity contribution in [2.75, 3.05) is 6.61 Å². The molecule has 0 saturated heterocycles. The van der Waals surface area contributed by atoms with Crippen molar-refractivity contribution in [3.63, 3.8) is 0 Å². The third-order valence-corrected chi connectivity index (χ3v) is 2.44. The van der Waals surface area contributed by atoms with Crippen LogP contribution >= 0.6 is 12.2 Å². The van der Waals surface area contributed by atoms with Gasteiger partial charge in [0.2, 0.25) is 0 Å². The molecule has 0 aromatic heterocycles. The Bertz CT molecular complexity index is 368. The van der Waals surface area contributed by atoms with Crippen LogP contribution in [0.2, 0.25) is 0 Å². The van der Waals surface area contributed by atoms with E-state index in [1.807, 2.05) is 0 Å². The molecule has 0 spiro atoms. The molecule has 0 fully saturated rings. The van der Waals surface area contributed by atoms with Crippen molar-refractivity contribution in [1.82, 2.24) is 0 Å². The van der Waals surface area contributed by atoms with Crippen LogP contribution < -0.4 is 10.5 Å². The van der Waals surface area contributed by atoms with Gasteiger partial charge in [0.15, 0.2) is 11.6 Å². The van der Waals surface area contributed by atoms with E-state index >= 15 is 0 Å². The lowest BCUT2D eigenvalue weighted by molar-refractivity contribution is 0.292. The van der Waals surface area contributed by atoms with Gasteiger partial charge in [-0.05, 0) is 37.8 Å². The summed E-state index contributed by atoms with van der Waals surface area (Å²) in [6, 6.07) is 5.13. The fourth-order valence-corrected chi connectivity index (χ4v) is 1.46. The molecule has 1 aromatic rings. The average molecular weight is 241 g/mol. The van der Waals surface area contributed by atoms with Crippen LogP contribution in [0.1, 0.15) is 24.8 Å². The van der Waals surface area contributed by atoms with Crippen LogP contribution in [0.3, 0.4) is 0 Å². The summed E-state index contributed by atoms with van der Waals surface area (Å²) in [7, 11) is 0. The summed E-state index contributed by atoms with van der Waals surface area (Å²) in [6.45, 7) is 2.21. The number of benzene rings is 1. The molecule has 0 radical (unpaired) electrons. The minimum Gasteiger partial charge on any atom is -0.491 e. The molecule has 0 aliphatic rings. The van der Waals surface area contributed by atoms with Gasteiger partial charge < -0.3 is 10.5 Å².